The number of anilines is 1. The van der Waals surface area contributed by atoms with E-state index in [0.717, 1.165) is 6.42 Å². The third-order valence-electron chi connectivity index (χ3n) is 5.56. The fourth-order valence-electron chi connectivity index (χ4n) is 4.19. The van der Waals surface area contributed by atoms with Crippen LogP contribution in [-0.4, -0.2) is 74.7 Å². The van der Waals surface area contributed by atoms with E-state index in [1.54, 1.807) is 4.57 Å². The zero-order valence-electron chi connectivity index (χ0n) is 17.4. The number of hydrogen-bond acceptors (Lipinski definition) is 9. The van der Waals surface area contributed by atoms with Crippen molar-refractivity contribution < 1.29 is 24.8 Å². The molecule has 0 aromatic carbocycles. The number of terminal acetylenes is 1. The van der Waals surface area contributed by atoms with Crippen molar-refractivity contribution in [2.75, 3.05) is 18.9 Å². The number of aliphatic hydroxyl groups is 3. The first-order valence-electron chi connectivity index (χ1n) is 9.83. The summed E-state index contributed by atoms with van der Waals surface area (Å²) >= 11 is 0. The summed E-state index contributed by atoms with van der Waals surface area (Å²) < 4.78 is 13.5. The van der Waals surface area contributed by atoms with Gasteiger partial charge in [0.05, 0.1) is 6.61 Å². The minimum Gasteiger partial charge on any atom is -0.451 e. The maximum Gasteiger partial charge on any atom is 0.301 e. The lowest BCUT2D eigenvalue weighted by Crippen LogP contribution is -2.63. The van der Waals surface area contributed by atoms with Gasteiger partial charge in [0.15, 0.2) is 28.9 Å². The molecule has 0 aliphatic carbocycles. The third kappa shape index (κ3) is 3.16. The van der Waals surface area contributed by atoms with Crippen molar-refractivity contribution in [3.8, 4) is 18.4 Å². The number of unbranched alkanes of at least 4 members (excludes halogenated alkanes) is 1. The maximum atomic E-state index is 11.9. The second kappa shape index (κ2) is 8.48. The zero-order chi connectivity index (χ0) is 22.1. The van der Waals surface area contributed by atoms with Crippen molar-refractivity contribution in [3.05, 3.63) is 6.33 Å². The van der Waals surface area contributed by atoms with Gasteiger partial charge in [-0.05, 0) is 6.42 Å². The lowest BCUT2D eigenvalue weighted by atomic mass is 9.88. The van der Waals surface area contributed by atoms with Crippen molar-refractivity contribution in [2.24, 2.45) is 0 Å². The van der Waals surface area contributed by atoms with Gasteiger partial charge in [0.1, 0.15) is 32.9 Å². The molecule has 1 aliphatic heterocycles. The Morgan fingerprint density at radius 3 is 2.77 bits per heavy atom. The van der Waals surface area contributed by atoms with Crippen LogP contribution < -0.4 is 10.5 Å². The Morgan fingerprint density at radius 1 is 1.43 bits per heavy atom. The first-order chi connectivity index (χ1) is 14.3. The van der Waals surface area contributed by atoms with Gasteiger partial charge in [0.25, 0.3) is 0 Å². The first-order valence-corrected chi connectivity index (χ1v) is 12.3. The Labute approximate surface area is 176 Å². The van der Waals surface area contributed by atoms with E-state index in [2.05, 4.69) is 20.9 Å². The van der Waals surface area contributed by atoms with Crippen LogP contribution in [0.2, 0.25) is 13.1 Å². The third-order valence-corrected chi connectivity index (χ3v) is 7.69. The van der Waals surface area contributed by atoms with Gasteiger partial charge in [-0.2, -0.15) is 4.98 Å². The first kappa shape index (κ1) is 22.5. The molecule has 10 nitrogen and oxygen atoms in total. The quantitative estimate of drug-likeness (QED) is 0.334. The summed E-state index contributed by atoms with van der Waals surface area (Å²) in [5.74, 6) is 2.53. The number of nitrogen functional groups attached to an aromatic ring is 1. The lowest BCUT2D eigenvalue weighted by molar-refractivity contribution is -0.150. The molecule has 0 saturated carbocycles. The SMILES string of the molecule is C#CCOc1nc2c(N)ncnc2n1[C@]1([Si](C)C)O[C@H](CO)[C@@H](O)[C@]1(O)CCCC. The predicted octanol–water partition coefficient (Wildman–Crippen LogP) is 0.0402. The molecule has 0 bridgehead atoms. The number of imidazole rings is 1. The summed E-state index contributed by atoms with van der Waals surface area (Å²) in [7, 11) is -1.61. The lowest BCUT2D eigenvalue weighted by Gasteiger charge is -2.45. The second-order valence-corrected chi connectivity index (χ2v) is 10.3. The Balaban J connectivity index is 2.36. The number of fused-ring (bicyclic) bond motifs is 1. The number of nitrogens with zero attached hydrogens (tertiary/aromatic N) is 4. The summed E-state index contributed by atoms with van der Waals surface area (Å²) in [6.07, 6.45) is 6.00. The van der Waals surface area contributed by atoms with E-state index in [1.807, 2.05) is 20.0 Å². The van der Waals surface area contributed by atoms with Crippen LogP contribution in [0.15, 0.2) is 6.33 Å². The van der Waals surface area contributed by atoms with Crippen LogP contribution in [0.3, 0.4) is 0 Å². The van der Waals surface area contributed by atoms with Gasteiger partial charge in [-0.25, -0.2) is 14.5 Å². The molecule has 5 N–H and O–H groups in total. The molecule has 1 aliphatic rings. The molecule has 1 fully saturated rings. The van der Waals surface area contributed by atoms with E-state index >= 15 is 0 Å². The molecule has 2 aromatic rings. The molecule has 1 radical (unpaired) electrons. The number of ether oxygens (including phenoxy) is 2. The van der Waals surface area contributed by atoms with E-state index < -0.39 is 38.6 Å². The van der Waals surface area contributed by atoms with E-state index in [0.29, 0.717) is 12.1 Å². The molecule has 3 rings (SSSR count). The number of nitrogens with two attached hydrogens (primary N) is 1. The molecular formula is C19H28N5O5Si. The standard InChI is InChI=1S/C19H28N5O5Si/c1-5-7-8-18(27)14(26)12(10-25)29-19(18,30(3)4)24-16-13(15(20)21-11-22-16)23-17(24)28-9-6-2/h2,11-12,14,25-27H,5,7-10H2,1,3-4H3,(H2,20,21,22)/t12-,14-,18-,19+/m1/s1. The van der Waals surface area contributed by atoms with Gasteiger partial charge in [-0.15, -0.1) is 6.42 Å². The number of hydrogen-bond donors (Lipinski definition) is 4. The molecule has 1 saturated heterocycles. The smallest absolute Gasteiger partial charge is 0.301 e. The number of aliphatic hydroxyl groups excluding tert-OH is 2. The average Bonchev–Trinajstić information content (AvgIpc) is 3.20. The van der Waals surface area contributed by atoms with Crippen LogP contribution in [0.4, 0.5) is 5.82 Å². The van der Waals surface area contributed by atoms with Gasteiger partial charge in [-0.3, -0.25) is 0 Å². The maximum absolute atomic E-state index is 11.9. The normalized spacial score (nSPS) is 28.9. The van der Waals surface area contributed by atoms with Crippen LogP contribution in [0.25, 0.3) is 11.2 Å². The fourth-order valence-corrected chi connectivity index (χ4v) is 6.37. The molecule has 0 spiro atoms. The number of rotatable bonds is 8. The Kier molecular flexibility index (Phi) is 6.35. The molecule has 2 aromatic heterocycles. The van der Waals surface area contributed by atoms with E-state index in [9.17, 15) is 15.3 Å². The monoisotopic (exact) mass is 434 g/mol. The Morgan fingerprint density at radius 2 is 2.17 bits per heavy atom. The van der Waals surface area contributed by atoms with E-state index in [4.69, 9.17) is 21.6 Å². The molecule has 0 unspecified atom stereocenters. The fraction of sp³-hybridized carbons (Fsp3) is 0.632. The van der Waals surface area contributed by atoms with Crippen molar-refractivity contribution in [3.63, 3.8) is 0 Å². The van der Waals surface area contributed by atoms with E-state index in [-0.39, 0.29) is 30.4 Å². The highest BCUT2D eigenvalue weighted by molar-refractivity contribution is 6.58. The summed E-state index contributed by atoms with van der Waals surface area (Å²) in [6, 6.07) is 0.0575. The van der Waals surface area contributed by atoms with Gasteiger partial charge >= 0.3 is 6.01 Å². The average molecular weight is 435 g/mol. The molecule has 0 amide bonds. The summed E-state index contributed by atoms with van der Waals surface area (Å²) in [5.41, 5.74) is 4.85. The second-order valence-electron chi connectivity index (χ2n) is 7.61. The van der Waals surface area contributed by atoms with Crippen molar-refractivity contribution in [1.29, 1.82) is 0 Å². The molecule has 4 atom stereocenters. The van der Waals surface area contributed by atoms with Gasteiger partial charge in [-0.1, -0.05) is 38.8 Å². The highest BCUT2D eigenvalue weighted by Gasteiger charge is 2.68. The van der Waals surface area contributed by atoms with E-state index in [1.165, 1.54) is 6.33 Å². The van der Waals surface area contributed by atoms with Gasteiger partial charge < -0.3 is 30.5 Å². The van der Waals surface area contributed by atoms with Crippen LogP contribution in [0.1, 0.15) is 26.2 Å². The van der Waals surface area contributed by atoms with Crippen molar-refractivity contribution in [1.82, 2.24) is 19.5 Å². The molecular weight excluding hydrogens is 406 g/mol. The molecule has 3 heterocycles. The van der Waals surface area contributed by atoms with Gasteiger partial charge in [0.2, 0.25) is 0 Å². The molecule has 11 heteroatoms. The number of aromatic nitrogens is 4. The minimum absolute atomic E-state index is 0.0575. The largest absolute Gasteiger partial charge is 0.451 e. The van der Waals surface area contributed by atoms with Crippen LogP contribution in [-0.2, 0) is 10.1 Å². The zero-order valence-corrected chi connectivity index (χ0v) is 18.4. The molecule has 30 heavy (non-hydrogen) atoms. The van der Waals surface area contributed by atoms with Crippen LogP contribution >= 0.6 is 0 Å². The Bertz CT molecular complexity index is 947. The van der Waals surface area contributed by atoms with Gasteiger partial charge in [0, 0.05) is 0 Å². The summed E-state index contributed by atoms with van der Waals surface area (Å²) in [6.45, 7) is 5.33. The topological polar surface area (TPSA) is 149 Å². The predicted molar refractivity (Wildman–Crippen MR) is 112 cm³/mol. The van der Waals surface area contributed by atoms with Crippen LogP contribution in [0, 0.1) is 12.3 Å². The molecule has 163 valence electrons. The summed E-state index contributed by atoms with van der Waals surface area (Å²) in [4.78, 5) is 12.7. The van der Waals surface area contributed by atoms with Crippen molar-refractivity contribution in [2.45, 2.75) is 62.4 Å². The highest BCUT2D eigenvalue weighted by Crippen LogP contribution is 2.51. The minimum atomic E-state index is -1.73. The summed E-state index contributed by atoms with van der Waals surface area (Å²) in [5, 5.41) is 31.4. The van der Waals surface area contributed by atoms with Crippen molar-refractivity contribution >= 4 is 25.8 Å². The van der Waals surface area contributed by atoms with Crippen LogP contribution in [0.5, 0.6) is 6.01 Å². The Hall–Kier alpha value is -2.23. The highest BCUT2D eigenvalue weighted by atomic mass is 28.3.